The van der Waals surface area contributed by atoms with Crippen molar-refractivity contribution < 1.29 is 14.7 Å². The van der Waals surface area contributed by atoms with Crippen molar-refractivity contribution in [1.82, 2.24) is 15.3 Å². The smallest absolute Gasteiger partial charge is 0.326 e. The van der Waals surface area contributed by atoms with E-state index in [0.717, 1.165) is 0 Å². The zero-order chi connectivity index (χ0) is 14.5. The number of benzene rings is 1. The third-order valence-corrected chi connectivity index (χ3v) is 2.92. The van der Waals surface area contributed by atoms with Crippen LogP contribution in [0.15, 0.2) is 30.6 Å². The Kier molecular flexibility index (Phi) is 4.24. The first-order chi connectivity index (χ1) is 9.63. The van der Waals surface area contributed by atoms with Gasteiger partial charge < -0.3 is 10.4 Å². The summed E-state index contributed by atoms with van der Waals surface area (Å²) >= 11 is 0. The lowest BCUT2D eigenvalue weighted by Crippen LogP contribution is -2.40. The highest BCUT2D eigenvalue weighted by Gasteiger charge is 2.21. The summed E-state index contributed by atoms with van der Waals surface area (Å²) in [6.45, 7) is 1.87. The number of carboxylic acids is 1. The molecule has 1 amide bonds. The van der Waals surface area contributed by atoms with Gasteiger partial charge in [0.25, 0.3) is 5.91 Å². The number of carbonyl (C=O) groups excluding carboxylic acids is 1. The second-order valence-electron chi connectivity index (χ2n) is 4.38. The van der Waals surface area contributed by atoms with Crippen LogP contribution in [0.5, 0.6) is 0 Å². The molecule has 0 aliphatic carbocycles. The van der Waals surface area contributed by atoms with Crippen LogP contribution in [-0.2, 0) is 4.79 Å². The van der Waals surface area contributed by atoms with Crippen LogP contribution in [0.3, 0.4) is 0 Å². The van der Waals surface area contributed by atoms with Crippen LogP contribution in [0, 0.1) is 0 Å². The van der Waals surface area contributed by atoms with Crippen LogP contribution < -0.4 is 5.32 Å². The van der Waals surface area contributed by atoms with Gasteiger partial charge in [0, 0.05) is 12.4 Å². The average Bonchev–Trinajstić information content (AvgIpc) is 2.46. The molecule has 6 nitrogen and oxygen atoms in total. The van der Waals surface area contributed by atoms with Gasteiger partial charge in [0.05, 0.1) is 11.1 Å². The fraction of sp³-hybridized carbons (Fsp3) is 0.286. The molecular weight excluding hydrogens is 258 g/mol. The van der Waals surface area contributed by atoms with Gasteiger partial charge in [-0.1, -0.05) is 19.4 Å². The van der Waals surface area contributed by atoms with Crippen LogP contribution in [0.25, 0.3) is 11.0 Å². The molecule has 0 aliphatic rings. The summed E-state index contributed by atoms with van der Waals surface area (Å²) in [6, 6.07) is 4.16. The van der Waals surface area contributed by atoms with Gasteiger partial charge in [0.2, 0.25) is 0 Å². The van der Waals surface area contributed by atoms with Crippen molar-refractivity contribution in [2.75, 3.05) is 0 Å². The fourth-order valence-electron chi connectivity index (χ4n) is 1.96. The van der Waals surface area contributed by atoms with Crippen molar-refractivity contribution in [3.05, 3.63) is 36.2 Å². The number of nitrogens with one attached hydrogen (secondary N) is 1. The van der Waals surface area contributed by atoms with E-state index in [4.69, 9.17) is 5.11 Å². The predicted octanol–water partition coefficient (Wildman–Crippen LogP) is 1.61. The lowest BCUT2D eigenvalue weighted by molar-refractivity contribution is -0.139. The maximum Gasteiger partial charge on any atom is 0.326 e. The predicted molar refractivity (Wildman–Crippen MR) is 73.3 cm³/mol. The van der Waals surface area contributed by atoms with Gasteiger partial charge in [0.15, 0.2) is 0 Å². The van der Waals surface area contributed by atoms with E-state index in [9.17, 15) is 9.59 Å². The second kappa shape index (κ2) is 6.10. The summed E-state index contributed by atoms with van der Waals surface area (Å²) in [6.07, 6.45) is 4.10. The van der Waals surface area contributed by atoms with E-state index >= 15 is 0 Å². The normalized spacial score (nSPS) is 12.1. The summed E-state index contributed by atoms with van der Waals surface area (Å²) < 4.78 is 0. The Labute approximate surface area is 115 Å². The van der Waals surface area contributed by atoms with Crippen LogP contribution >= 0.6 is 0 Å². The van der Waals surface area contributed by atoms with Gasteiger partial charge in [-0.3, -0.25) is 14.8 Å². The Bertz CT molecular complexity index is 637. The van der Waals surface area contributed by atoms with Crippen LogP contribution in [0.4, 0.5) is 0 Å². The summed E-state index contributed by atoms with van der Waals surface area (Å²) in [7, 11) is 0. The molecule has 1 aromatic carbocycles. The SMILES string of the molecule is CCCC(NC(=O)c1cccc2nccnc12)C(=O)O. The molecule has 1 aromatic heterocycles. The van der Waals surface area contributed by atoms with Crippen molar-refractivity contribution in [2.24, 2.45) is 0 Å². The lowest BCUT2D eigenvalue weighted by Gasteiger charge is -2.14. The number of aromatic nitrogens is 2. The molecule has 0 saturated carbocycles. The van der Waals surface area contributed by atoms with E-state index in [0.29, 0.717) is 29.4 Å². The Morgan fingerprint density at radius 1 is 1.30 bits per heavy atom. The zero-order valence-corrected chi connectivity index (χ0v) is 11.0. The molecule has 0 bridgehead atoms. The number of rotatable bonds is 5. The molecule has 2 aromatic rings. The van der Waals surface area contributed by atoms with E-state index in [1.807, 2.05) is 6.92 Å². The minimum atomic E-state index is -1.04. The minimum Gasteiger partial charge on any atom is -0.480 e. The highest BCUT2D eigenvalue weighted by Crippen LogP contribution is 2.14. The molecule has 20 heavy (non-hydrogen) atoms. The van der Waals surface area contributed by atoms with Gasteiger partial charge in [-0.05, 0) is 18.6 Å². The van der Waals surface area contributed by atoms with Gasteiger partial charge in [0.1, 0.15) is 11.6 Å². The van der Waals surface area contributed by atoms with Crippen molar-refractivity contribution in [2.45, 2.75) is 25.8 Å². The van der Waals surface area contributed by atoms with Crippen molar-refractivity contribution >= 4 is 22.9 Å². The van der Waals surface area contributed by atoms with E-state index < -0.39 is 17.9 Å². The number of aliphatic carboxylic acids is 1. The molecule has 1 atom stereocenters. The minimum absolute atomic E-state index is 0.331. The summed E-state index contributed by atoms with van der Waals surface area (Å²) in [5.41, 5.74) is 1.40. The van der Waals surface area contributed by atoms with Crippen LogP contribution in [-0.4, -0.2) is 33.0 Å². The van der Waals surface area contributed by atoms with E-state index in [2.05, 4.69) is 15.3 Å². The third-order valence-electron chi connectivity index (χ3n) is 2.92. The molecule has 2 N–H and O–H groups in total. The van der Waals surface area contributed by atoms with Crippen molar-refractivity contribution in [1.29, 1.82) is 0 Å². The zero-order valence-electron chi connectivity index (χ0n) is 11.0. The molecule has 1 heterocycles. The molecule has 2 rings (SSSR count). The van der Waals surface area contributed by atoms with E-state index in [1.165, 1.54) is 6.20 Å². The Hall–Kier alpha value is -2.50. The first-order valence-corrected chi connectivity index (χ1v) is 6.37. The Morgan fingerprint density at radius 3 is 2.75 bits per heavy atom. The average molecular weight is 273 g/mol. The molecule has 0 saturated heterocycles. The maximum absolute atomic E-state index is 12.2. The molecule has 0 spiro atoms. The van der Waals surface area contributed by atoms with Gasteiger partial charge in [-0.15, -0.1) is 0 Å². The molecule has 0 fully saturated rings. The van der Waals surface area contributed by atoms with Gasteiger partial charge in [-0.2, -0.15) is 0 Å². The number of carbonyl (C=O) groups is 2. The first kappa shape index (κ1) is 13.9. The number of para-hydroxylation sites is 1. The quantitative estimate of drug-likeness (QED) is 0.863. The maximum atomic E-state index is 12.2. The van der Waals surface area contributed by atoms with Gasteiger partial charge in [-0.25, -0.2) is 4.79 Å². The third kappa shape index (κ3) is 2.90. The summed E-state index contributed by atoms with van der Waals surface area (Å²) in [5.74, 6) is -1.48. The van der Waals surface area contributed by atoms with E-state index in [1.54, 1.807) is 24.4 Å². The number of nitrogens with zero attached hydrogens (tertiary/aromatic N) is 2. The highest BCUT2D eigenvalue weighted by atomic mass is 16.4. The van der Waals surface area contributed by atoms with Crippen LogP contribution in [0.1, 0.15) is 30.1 Å². The highest BCUT2D eigenvalue weighted by molar-refractivity contribution is 6.05. The second-order valence-corrected chi connectivity index (χ2v) is 4.38. The molecule has 0 aliphatic heterocycles. The number of carboxylic acid groups (broad SMARTS) is 1. The largest absolute Gasteiger partial charge is 0.480 e. The summed E-state index contributed by atoms with van der Waals surface area (Å²) in [4.78, 5) is 31.5. The molecule has 6 heteroatoms. The monoisotopic (exact) mass is 273 g/mol. The number of hydrogen-bond acceptors (Lipinski definition) is 4. The van der Waals surface area contributed by atoms with Crippen molar-refractivity contribution in [3.8, 4) is 0 Å². The number of hydrogen-bond donors (Lipinski definition) is 2. The fourth-order valence-corrected chi connectivity index (χ4v) is 1.96. The molecule has 1 unspecified atom stereocenters. The molecule has 104 valence electrons. The Balaban J connectivity index is 2.29. The lowest BCUT2D eigenvalue weighted by atomic mass is 10.1. The molecule has 0 radical (unpaired) electrons. The number of fused-ring (bicyclic) bond motifs is 1. The van der Waals surface area contributed by atoms with Crippen molar-refractivity contribution in [3.63, 3.8) is 0 Å². The van der Waals surface area contributed by atoms with E-state index in [-0.39, 0.29) is 0 Å². The molecular formula is C14H15N3O3. The standard InChI is InChI=1S/C14H15N3O3/c1-2-4-11(14(19)20)17-13(18)9-5-3-6-10-12(9)16-8-7-15-10/h3,5-8,11H,2,4H2,1H3,(H,17,18)(H,19,20). The van der Waals surface area contributed by atoms with Crippen LogP contribution in [0.2, 0.25) is 0 Å². The summed E-state index contributed by atoms with van der Waals surface area (Å²) in [5, 5.41) is 11.6. The topological polar surface area (TPSA) is 92.2 Å². The first-order valence-electron chi connectivity index (χ1n) is 6.37. The van der Waals surface area contributed by atoms with Gasteiger partial charge >= 0.3 is 5.97 Å². The Morgan fingerprint density at radius 2 is 2.05 bits per heavy atom. The number of amides is 1.